The number of carbonyl (C=O) groups is 2. The van der Waals surface area contributed by atoms with E-state index >= 15 is 0 Å². The predicted octanol–water partition coefficient (Wildman–Crippen LogP) is 2.90. The Morgan fingerprint density at radius 3 is 2.64 bits per heavy atom. The van der Waals surface area contributed by atoms with Gasteiger partial charge in [0.15, 0.2) is 0 Å². The van der Waals surface area contributed by atoms with Gasteiger partial charge in [-0.25, -0.2) is 4.39 Å². The largest absolute Gasteiger partial charge is 0.340 e. The van der Waals surface area contributed by atoms with Crippen LogP contribution in [-0.4, -0.2) is 47.8 Å². The average Bonchev–Trinajstić information content (AvgIpc) is 2.69. The van der Waals surface area contributed by atoms with Crippen LogP contribution < -0.4 is 5.32 Å². The molecule has 6 heteroatoms. The maximum atomic E-state index is 13.5. The summed E-state index contributed by atoms with van der Waals surface area (Å²) in [5, 5.41) is 2.67. The summed E-state index contributed by atoms with van der Waals surface area (Å²) in [5.41, 5.74) is 3.70. The third kappa shape index (κ3) is 3.78. The number of benzene rings is 2. The lowest BCUT2D eigenvalue weighted by atomic mass is 9.89. The van der Waals surface area contributed by atoms with Gasteiger partial charge in [-0.05, 0) is 35.7 Å². The summed E-state index contributed by atoms with van der Waals surface area (Å²) in [7, 11) is 0. The molecule has 1 saturated heterocycles. The third-order valence-electron chi connectivity index (χ3n) is 5.69. The van der Waals surface area contributed by atoms with Crippen molar-refractivity contribution in [2.75, 3.05) is 31.5 Å². The first-order valence-electron chi connectivity index (χ1n) is 9.66. The van der Waals surface area contributed by atoms with E-state index in [1.54, 1.807) is 6.07 Å². The van der Waals surface area contributed by atoms with Crippen LogP contribution in [-0.2, 0) is 16.1 Å². The predicted molar refractivity (Wildman–Crippen MR) is 105 cm³/mol. The van der Waals surface area contributed by atoms with Gasteiger partial charge in [0.25, 0.3) is 0 Å². The highest BCUT2D eigenvalue weighted by Crippen LogP contribution is 2.34. The van der Waals surface area contributed by atoms with Crippen molar-refractivity contribution in [2.45, 2.75) is 25.8 Å². The summed E-state index contributed by atoms with van der Waals surface area (Å²) < 4.78 is 13.5. The minimum Gasteiger partial charge on any atom is -0.340 e. The second-order valence-corrected chi connectivity index (χ2v) is 7.56. The quantitative estimate of drug-likeness (QED) is 0.890. The number of carbonyl (C=O) groups excluding carboxylic acids is 2. The van der Waals surface area contributed by atoms with E-state index in [1.807, 2.05) is 11.0 Å². The molecule has 0 aliphatic carbocycles. The molecule has 0 bridgehead atoms. The lowest BCUT2D eigenvalue weighted by Crippen LogP contribution is -2.50. The third-order valence-corrected chi connectivity index (χ3v) is 5.69. The number of hydrogen-bond acceptors (Lipinski definition) is 3. The molecule has 0 radical (unpaired) electrons. The first-order valence-corrected chi connectivity index (χ1v) is 9.66. The number of anilines is 1. The lowest BCUT2D eigenvalue weighted by molar-refractivity contribution is -0.136. The van der Waals surface area contributed by atoms with Gasteiger partial charge in [-0.2, -0.15) is 0 Å². The Balaban J connectivity index is 1.42. The van der Waals surface area contributed by atoms with Gasteiger partial charge in [0.05, 0.1) is 5.92 Å². The number of amides is 2. The number of aryl methyl sites for hydroxylation is 1. The second-order valence-electron chi connectivity index (χ2n) is 7.56. The van der Waals surface area contributed by atoms with Crippen molar-refractivity contribution in [1.29, 1.82) is 0 Å². The number of piperazine rings is 1. The molecule has 2 aromatic carbocycles. The van der Waals surface area contributed by atoms with Gasteiger partial charge in [-0.15, -0.1) is 0 Å². The second kappa shape index (κ2) is 7.72. The number of fused-ring (bicyclic) bond motifs is 1. The molecule has 4 rings (SSSR count). The molecule has 28 heavy (non-hydrogen) atoms. The molecule has 0 unspecified atom stereocenters. The molecule has 2 heterocycles. The number of halogens is 1. The van der Waals surface area contributed by atoms with Crippen LogP contribution in [0, 0.1) is 12.7 Å². The number of nitrogens with one attached hydrogen (secondary N) is 1. The molecule has 1 atom stereocenters. The number of rotatable bonds is 3. The van der Waals surface area contributed by atoms with Crippen molar-refractivity contribution in [3.05, 3.63) is 65.0 Å². The summed E-state index contributed by atoms with van der Waals surface area (Å²) in [6.07, 6.45) is 0.112. The maximum Gasteiger partial charge on any atom is 0.230 e. The zero-order valence-corrected chi connectivity index (χ0v) is 16.0. The molecule has 2 aliphatic rings. The van der Waals surface area contributed by atoms with Crippen LogP contribution in [0.1, 0.15) is 29.0 Å². The molecule has 2 aromatic rings. The topological polar surface area (TPSA) is 52.7 Å². The molecule has 146 valence electrons. The van der Waals surface area contributed by atoms with Gasteiger partial charge >= 0.3 is 0 Å². The van der Waals surface area contributed by atoms with Gasteiger partial charge in [0, 0.05) is 44.8 Å². The molecular formula is C22H24FN3O2. The number of hydrogen-bond donors (Lipinski definition) is 1. The van der Waals surface area contributed by atoms with Crippen molar-refractivity contribution in [3.8, 4) is 0 Å². The fourth-order valence-corrected chi connectivity index (χ4v) is 4.03. The monoisotopic (exact) mass is 381 g/mol. The van der Waals surface area contributed by atoms with E-state index in [4.69, 9.17) is 0 Å². The normalized spacial score (nSPS) is 19.9. The van der Waals surface area contributed by atoms with Crippen molar-refractivity contribution in [1.82, 2.24) is 9.80 Å². The van der Waals surface area contributed by atoms with Crippen molar-refractivity contribution < 1.29 is 14.0 Å². The molecular weight excluding hydrogens is 357 g/mol. The van der Waals surface area contributed by atoms with Crippen LogP contribution in [0.4, 0.5) is 10.1 Å². The SMILES string of the molecule is Cc1ccccc1CN1CCN(C(=O)[C@H]2CC(=O)Nc3cc(F)ccc32)CC1. The van der Waals surface area contributed by atoms with E-state index in [2.05, 4.69) is 35.3 Å². The standard InChI is InChI=1S/C22H24FN3O2/c1-15-4-2-3-5-16(15)14-25-8-10-26(11-9-25)22(28)19-13-21(27)24-20-12-17(23)6-7-18(19)20/h2-7,12,19H,8-11,13-14H2,1H3,(H,24,27)/t19-/m0/s1. The van der Waals surface area contributed by atoms with Crippen molar-refractivity contribution in [3.63, 3.8) is 0 Å². The minimum atomic E-state index is -0.535. The Hall–Kier alpha value is -2.73. The lowest BCUT2D eigenvalue weighted by Gasteiger charge is -2.37. The molecule has 1 N–H and O–H groups in total. The number of nitrogens with zero attached hydrogens (tertiary/aromatic N) is 2. The zero-order chi connectivity index (χ0) is 19.7. The summed E-state index contributed by atoms with van der Waals surface area (Å²) in [4.78, 5) is 29.3. The maximum absolute atomic E-state index is 13.5. The van der Waals surface area contributed by atoms with Gasteiger partial charge in [-0.3, -0.25) is 14.5 Å². The van der Waals surface area contributed by atoms with Gasteiger partial charge in [0.2, 0.25) is 11.8 Å². The van der Waals surface area contributed by atoms with Crippen LogP contribution in [0.5, 0.6) is 0 Å². The molecule has 0 spiro atoms. The smallest absolute Gasteiger partial charge is 0.230 e. The van der Waals surface area contributed by atoms with E-state index < -0.39 is 11.7 Å². The molecule has 1 fully saturated rings. The Kier molecular flexibility index (Phi) is 5.13. The summed E-state index contributed by atoms with van der Waals surface area (Å²) in [5.74, 6) is -1.24. The first kappa shape index (κ1) is 18.6. The van der Waals surface area contributed by atoms with Gasteiger partial charge in [0.1, 0.15) is 5.82 Å². The molecule has 2 aliphatic heterocycles. The van der Waals surface area contributed by atoms with Crippen molar-refractivity contribution in [2.24, 2.45) is 0 Å². The first-order chi connectivity index (χ1) is 13.5. The van der Waals surface area contributed by atoms with E-state index in [-0.39, 0.29) is 18.2 Å². The Labute approximate surface area is 164 Å². The van der Waals surface area contributed by atoms with E-state index in [0.717, 1.165) is 19.6 Å². The van der Waals surface area contributed by atoms with Crippen LogP contribution in [0.2, 0.25) is 0 Å². The van der Waals surface area contributed by atoms with E-state index in [1.165, 1.54) is 23.3 Å². The van der Waals surface area contributed by atoms with Crippen LogP contribution in [0.3, 0.4) is 0 Å². The molecule has 5 nitrogen and oxygen atoms in total. The molecule has 0 aromatic heterocycles. The fourth-order valence-electron chi connectivity index (χ4n) is 4.03. The Morgan fingerprint density at radius 2 is 1.89 bits per heavy atom. The van der Waals surface area contributed by atoms with E-state index in [9.17, 15) is 14.0 Å². The van der Waals surface area contributed by atoms with Crippen LogP contribution in [0.25, 0.3) is 0 Å². The van der Waals surface area contributed by atoms with Crippen LogP contribution in [0.15, 0.2) is 42.5 Å². The summed E-state index contributed by atoms with van der Waals surface area (Å²) in [6, 6.07) is 12.6. The van der Waals surface area contributed by atoms with Gasteiger partial charge < -0.3 is 10.2 Å². The highest BCUT2D eigenvalue weighted by molar-refractivity contribution is 6.01. The summed E-state index contributed by atoms with van der Waals surface area (Å²) >= 11 is 0. The highest BCUT2D eigenvalue weighted by Gasteiger charge is 2.34. The Morgan fingerprint density at radius 1 is 1.14 bits per heavy atom. The van der Waals surface area contributed by atoms with Gasteiger partial charge in [-0.1, -0.05) is 30.3 Å². The van der Waals surface area contributed by atoms with E-state index in [0.29, 0.717) is 24.3 Å². The fraction of sp³-hybridized carbons (Fsp3) is 0.364. The molecule has 2 amide bonds. The highest BCUT2D eigenvalue weighted by atomic mass is 19.1. The van der Waals surface area contributed by atoms with Crippen LogP contribution >= 0.6 is 0 Å². The Bertz CT molecular complexity index is 906. The zero-order valence-electron chi connectivity index (χ0n) is 16.0. The van der Waals surface area contributed by atoms with Crippen molar-refractivity contribution >= 4 is 17.5 Å². The average molecular weight is 381 g/mol. The molecule has 0 saturated carbocycles. The summed E-state index contributed by atoms with van der Waals surface area (Å²) in [6.45, 7) is 5.87. The minimum absolute atomic E-state index is 0.0433.